The van der Waals surface area contributed by atoms with Crippen LogP contribution in [0.15, 0.2) is 23.4 Å². The van der Waals surface area contributed by atoms with Gasteiger partial charge in [-0.15, -0.1) is 0 Å². The van der Waals surface area contributed by atoms with E-state index in [1.807, 2.05) is 27.7 Å². The molecule has 1 aliphatic heterocycles. The normalized spacial score (nSPS) is 15.8. The molecule has 1 aliphatic rings. The number of hydrogen-bond donors (Lipinski definition) is 2. The van der Waals surface area contributed by atoms with Crippen LogP contribution in [0.1, 0.15) is 59.1 Å². The fourth-order valence-electron chi connectivity index (χ4n) is 3.12. The molecular weight excluding hydrogens is 418 g/mol. The summed E-state index contributed by atoms with van der Waals surface area (Å²) in [7, 11) is 0. The van der Waals surface area contributed by atoms with Crippen LogP contribution < -0.4 is 20.1 Å². The fraction of sp³-hybridized carbons (Fsp3) is 0.545. The number of benzene rings is 1. The van der Waals surface area contributed by atoms with Gasteiger partial charge in [0.25, 0.3) is 0 Å². The number of carbonyl (C=O) groups is 2. The van der Waals surface area contributed by atoms with Gasteiger partial charge in [-0.1, -0.05) is 27.7 Å². The summed E-state index contributed by atoms with van der Waals surface area (Å²) < 4.78 is 16.8. The van der Waals surface area contributed by atoms with Gasteiger partial charge in [-0.05, 0) is 25.7 Å². The minimum atomic E-state index is -0.991. The first-order valence-electron chi connectivity index (χ1n) is 10.7. The summed E-state index contributed by atoms with van der Waals surface area (Å²) in [6.07, 6.45) is 1.36. The van der Waals surface area contributed by atoms with Crippen LogP contribution in [-0.4, -0.2) is 36.7 Å². The van der Waals surface area contributed by atoms with Gasteiger partial charge < -0.3 is 24.8 Å². The van der Waals surface area contributed by atoms with Crippen LogP contribution in [-0.2, 0) is 9.53 Å². The highest BCUT2D eigenvalue weighted by Crippen LogP contribution is 2.41. The van der Waals surface area contributed by atoms with E-state index < -0.39 is 23.0 Å². The molecule has 32 heavy (non-hydrogen) atoms. The van der Waals surface area contributed by atoms with E-state index in [9.17, 15) is 19.7 Å². The average molecular weight is 450 g/mol. The summed E-state index contributed by atoms with van der Waals surface area (Å²) in [5.74, 6) is -0.151. The van der Waals surface area contributed by atoms with Gasteiger partial charge in [0.2, 0.25) is 5.75 Å². The molecule has 0 spiro atoms. The SMILES string of the molecule is CCCOc1cc(OCCC)c([N+](=O)[O-])cc1C1NC(=O)NC(C)=C1C(=O)OCC(C)C. The van der Waals surface area contributed by atoms with Crippen molar-refractivity contribution in [3.05, 3.63) is 39.1 Å². The first kappa shape index (κ1) is 25.0. The van der Waals surface area contributed by atoms with E-state index >= 15 is 0 Å². The Hall–Kier alpha value is -3.30. The molecule has 0 saturated carbocycles. The molecule has 0 bridgehead atoms. The number of nitro groups is 1. The summed E-state index contributed by atoms with van der Waals surface area (Å²) in [5, 5.41) is 17.0. The second-order valence-electron chi connectivity index (χ2n) is 7.87. The van der Waals surface area contributed by atoms with Crippen LogP contribution in [0, 0.1) is 16.0 Å². The molecule has 10 nitrogen and oxygen atoms in total. The zero-order valence-corrected chi connectivity index (χ0v) is 19.1. The standard InChI is InChI=1S/C22H31N3O7/c1-6-8-30-17-11-18(31-9-7-2)16(25(28)29)10-15(17)20-19(14(5)23-22(27)24-20)21(26)32-12-13(3)4/h10-11,13,20H,6-9,12H2,1-5H3,(H2,23,24,27). The molecule has 2 amide bonds. The van der Waals surface area contributed by atoms with E-state index in [4.69, 9.17) is 14.2 Å². The number of allylic oxidation sites excluding steroid dienone is 1. The van der Waals surface area contributed by atoms with Gasteiger partial charge in [0.15, 0.2) is 0 Å². The molecule has 1 heterocycles. The molecule has 1 unspecified atom stereocenters. The van der Waals surface area contributed by atoms with Crippen molar-refractivity contribution in [3.8, 4) is 11.5 Å². The Morgan fingerprint density at radius 3 is 2.34 bits per heavy atom. The Balaban J connectivity index is 2.62. The summed E-state index contributed by atoms with van der Waals surface area (Å²) in [6, 6.07) is 1.20. The van der Waals surface area contributed by atoms with Crippen molar-refractivity contribution >= 4 is 17.7 Å². The Kier molecular flexibility index (Phi) is 8.86. The number of ether oxygens (including phenoxy) is 3. The van der Waals surface area contributed by atoms with Crippen molar-refractivity contribution in [1.82, 2.24) is 10.6 Å². The number of hydrogen-bond acceptors (Lipinski definition) is 7. The summed E-state index contributed by atoms with van der Waals surface area (Å²) in [6.45, 7) is 10.0. The van der Waals surface area contributed by atoms with Crippen molar-refractivity contribution < 1.29 is 28.7 Å². The van der Waals surface area contributed by atoms with E-state index in [0.29, 0.717) is 31.8 Å². The maximum Gasteiger partial charge on any atom is 0.338 e. The van der Waals surface area contributed by atoms with Crippen molar-refractivity contribution in [1.29, 1.82) is 0 Å². The number of nitrogens with one attached hydrogen (secondary N) is 2. The van der Waals surface area contributed by atoms with E-state index in [1.54, 1.807) is 6.92 Å². The molecule has 176 valence electrons. The Labute approximate surface area is 187 Å². The number of nitro benzene ring substituents is 1. The van der Waals surface area contributed by atoms with Gasteiger partial charge >= 0.3 is 17.7 Å². The summed E-state index contributed by atoms with van der Waals surface area (Å²) in [5.41, 5.74) is 0.461. The van der Waals surface area contributed by atoms with E-state index in [2.05, 4.69) is 10.6 Å². The van der Waals surface area contributed by atoms with Gasteiger partial charge in [0, 0.05) is 23.4 Å². The van der Waals surface area contributed by atoms with E-state index in [0.717, 1.165) is 0 Å². The van der Waals surface area contributed by atoms with Crippen LogP contribution in [0.25, 0.3) is 0 Å². The molecule has 2 N–H and O–H groups in total. The number of esters is 1. The molecule has 0 fully saturated rings. The van der Waals surface area contributed by atoms with Gasteiger partial charge in [0.05, 0.1) is 36.4 Å². The molecule has 0 aliphatic carbocycles. The van der Waals surface area contributed by atoms with Crippen molar-refractivity contribution in [2.24, 2.45) is 5.92 Å². The highest BCUT2D eigenvalue weighted by Gasteiger charge is 2.36. The summed E-state index contributed by atoms with van der Waals surface area (Å²) >= 11 is 0. The zero-order valence-electron chi connectivity index (χ0n) is 19.1. The largest absolute Gasteiger partial charge is 0.493 e. The van der Waals surface area contributed by atoms with Crippen LogP contribution >= 0.6 is 0 Å². The molecular formula is C22H31N3O7. The quantitative estimate of drug-likeness (QED) is 0.297. The molecule has 0 saturated heterocycles. The maximum atomic E-state index is 12.9. The van der Waals surface area contributed by atoms with Crippen molar-refractivity contribution in [2.75, 3.05) is 19.8 Å². The number of nitrogens with zero attached hydrogens (tertiary/aromatic N) is 1. The maximum absolute atomic E-state index is 12.9. The van der Waals surface area contributed by atoms with Gasteiger partial charge in [-0.3, -0.25) is 10.1 Å². The zero-order chi connectivity index (χ0) is 23.8. The van der Waals surface area contributed by atoms with Crippen LogP contribution in [0.4, 0.5) is 10.5 Å². The number of urea groups is 1. The van der Waals surface area contributed by atoms with Crippen molar-refractivity contribution in [3.63, 3.8) is 0 Å². The van der Waals surface area contributed by atoms with Crippen LogP contribution in [0.2, 0.25) is 0 Å². The lowest BCUT2D eigenvalue weighted by molar-refractivity contribution is -0.386. The van der Waals surface area contributed by atoms with E-state index in [1.165, 1.54) is 12.1 Å². The Morgan fingerprint density at radius 1 is 1.16 bits per heavy atom. The third-order valence-electron chi connectivity index (χ3n) is 4.56. The molecule has 1 aromatic carbocycles. The second kappa shape index (κ2) is 11.4. The molecule has 0 radical (unpaired) electrons. The molecule has 1 atom stereocenters. The minimum absolute atomic E-state index is 0.0663. The first-order chi connectivity index (χ1) is 15.2. The first-order valence-corrected chi connectivity index (χ1v) is 10.7. The van der Waals surface area contributed by atoms with Gasteiger partial charge in [0.1, 0.15) is 5.75 Å². The highest BCUT2D eigenvalue weighted by atomic mass is 16.6. The predicted octanol–water partition coefficient (Wildman–Crippen LogP) is 4.00. The summed E-state index contributed by atoms with van der Waals surface area (Å²) in [4.78, 5) is 36.3. The Bertz CT molecular complexity index is 896. The van der Waals surface area contributed by atoms with Crippen molar-refractivity contribution in [2.45, 2.75) is 53.5 Å². The third kappa shape index (κ3) is 6.12. The lowest BCUT2D eigenvalue weighted by atomic mass is 9.94. The monoisotopic (exact) mass is 449 g/mol. The average Bonchev–Trinajstić information content (AvgIpc) is 2.73. The predicted molar refractivity (Wildman–Crippen MR) is 118 cm³/mol. The minimum Gasteiger partial charge on any atom is -0.493 e. The smallest absolute Gasteiger partial charge is 0.338 e. The molecule has 2 rings (SSSR count). The second-order valence-corrected chi connectivity index (χ2v) is 7.87. The molecule has 10 heteroatoms. The number of rotatable bonds is 11. The van der Waals surface area contributed by atoms with E-state index in [-0.39, 0.29) is 40.8 Å². The molecule has 1 aromatic rings. The highest BCUT2D eigenvalue weighted by molar-refractivity contribution is 5.95. The number of amides is 2. The lowest BCUT2D eigenvalue weighted by Gasteiger charge is -2.29. The molecule has 0 aromatic heterocycles. The Morgan fingerprint density at radius 2 is 1.78 bits per heavy atom. The van der Waals surface area contributed by atoms with Crippen LogP contribution in [0.5, 0.6) is 11.5 Å². The third-order valence-corrected chi connectivity index (χ3v) is 4.56. The topological polar surface area (TPSA) is 129 Å². The van der Waals surface area contributed by atoms with Crippen LogP contribution in [0.3, 0.4) is 0 Å². The van der Waals surface area contributed by atoms with Gasteiger partial charge in [-0.25, -0.2) is 9.59 Å². The lowest BCUT2D eigenvalue weighted by Crippen LogP contribution is -2.45. The fourth-order valence-corrected chi connectivity index (χ4v) is 3.12. The van der Waals surface area contributed by atoms with Gasteiger partial charge in [-0.2, -0.15) is 0 Å². The number of carbonyl (C=O) groups excluding carboxylic acids is 2.